The summed E-state index contributed by atoms with van der Waals surface area (Å²) >= 11 is 0. The van der Waals surface area contributed by atoms with E-state index in [4.69, 9.17) is 0 Å². The largest absolute Gasteiger partial charge is 0.345 e. The van der Waals surface area contributed by atoms with E-state index in [1.54, 1.807) is 48.4 Å². The quantitative estimate of drug-likeness (QED) is 0.498. The standard InChI is InChI=1S/C26H21FN4O2/c1-17-6-9-20(27)14-23(17)25(32)29-21-10-7-18(8-11-21)26(33)31-16-22-5-3-13-30(22)15-19-4-2-12-28-24(19)31/h2-14H,15-16H2,1H3,(H,29,32). The highest BCUT2D eigenvalue weighted by Crippen LogP contribution is 2.27. The molecule has 0 unspecified atom stereocenters. The molecule has 4 aromatic rings. The highest BCUT2D eigenvalue weighted by atomic mass is 19.1. The van der Waals surface area contributed by atoms with Gasteiger partial charge < -0.3 is 9.88 Å². The number of carbonyl (C=O) groups is 2. The number of fused-ring (bicyclic) bond motifs is 2. The monoisotopic (exact) mass is 440 g/mol. The average molecular weight is 440 g/mol. The molecular formula is C26H21FN4O2. The molecule has 0 fully saturated rings. The van der Waals surface area contributed by atoms with Crippen molar-refractivity contribution in [1.29, 1.82) is 0 Å². The second-order valence-corrected chi connectivity index (χ2v) is 8.00. The van der Waals surface area contributed by atoms with E-state index in [9.17, 15) is 14.0 Å². The maximum absolute atomic E-state index is 13.5. The van der Waals surface area contributed by atoms with E-state index in [2.05, 4.69) is 14.9 Å². The normalized spacial score (nSPS) is 12.5. The number of benzene rings is 2. The lowest BCUT2D eigenvalue weighted by molar-refractivity contribution is 0.0983. The van der Waals surface area contributed by atoms with Gasteiger partial charge in [0.2, 0.25) is 0 Å². The van der Waals surface area contributed by atoms with Crippen molar-refractivity contribution in [3.8, 4) is 0 Å². The molecule has 33 heavy (non-hydrogen) atoms. The lowest BCUT2D eigenvalue weighted by Crippen LogP contribution is -2.31. The van der Waals surface area contributed by atoms with Crippen LogP contribution in [-0.2, 0) is 13.1 Å². The third-order valence-electron chi connectivity index (χ3n) is 5.79. The zero-order valence-electron chi connectivity index (χ0n) is 18.0. The molecule has 1 N–H and O–H groups in total. The van der Waals surface area contributed by atoms with Gasteiger partial charge in [0.15, 0.2) is 0 Å². The van der Waals surface area contributed by atoms with Gasteiger partial charge in [0, 0.05) is 40.5 Å². The Morgan fingerprint density at radius 1 is 1.00 bits per heavy atom. The summed E-state index contributed by atoms with van der Waals surface area (Å²) in [6.07, 6.45) is 3.69. The summed E-state index contributed by atoms with van der Waals surface area (Å²) in [5.41, 5.74) is 3.93. The lowest BCUT2D eigenvalue weighted by atomic mass is 10.1. The summed E-state index contributed by atoms with van der Waals surface area (Å²) in [6, 6.07) is 18.6. The van der Waals surface area contributed by atoms with Crippen LogP contribution in [0.4, 0.5) is 15.9 Å². The number of carbonyl (C=O) groups excluding carboxylic acids is 2. The van der Waals surface area contributed by atoms with E-state index in [1.807, 2.05) is 30.5 Å². The topological polar surface area (TPSA) is 67.2 Å². The molecule has 5 rings (SSSR count). The van der Waals surface area contributed by atoms with E-state index in [1.165, 1.54) is 12.1 Å². The molecule has 0 bridgehead atoms. The molecule has 0 radical (unpaired) electrons. The van der Waals surface area contributed by atoms with Crippen molar-refractivity contribution in [3.05, 3.63) is 113 Å². The van der Waals surface area contributed by atoms with Crippen molar-refractivity contribution < 1.29 is 14.0 Å². The van der Waals surface area contributed by atoms with Gasteiger partial charge in [-0.1, -0.05) is 12.1 Å². The Balaban J connectivity index is 1.39. The van der Waals surface area contributed by atoms with Crippen molar-refractivity contribution in [2.24, 2.45) is 0 Å². The molecule has 1 aliphatic heterocycles. The number of hydrogen-bond donors (Lipinski definition) is 1. The van der Waals surface area contributed by atoms with Gasteiger partial charge >= 0.3 is 0 Å². The average Bonchev–Trinajstić information content (AvgIpc) is 3.19. The van der Waals surface area contributed by atoms with Gasteiger partial charge in [0.1, 0.15) is 11.6 Å². The number of amides is 2. The van der Waals surface area contributed by atoms with Crippen molar-refractivity contribution in [1.82, 2.24) is 9.55 Å². The minimum absolute atomic E-state index is 0.177. The fourth-order valence-corrected chi connectivity index (χ4v) is 4.02. The van der Waals surface area contributed by atoms with Gasteiger partial charge in [-0.15, -0.1) is 0 Å². The maximum Gasteiger partial charge on any atom is 0.259 e. The number of hydrogen-bond acceptors (Lipinski definition) is 3. The first kappa shape index (κ1) is 20.6. The van der Waals surface area contributed by atoms with Crippen LogP contribution in [0.5, 0.6) is 0 Å². The van der Waals surface area contributed by atoms with Crippen LogP contribution in [0.25, 0.3) is 0 Å². The molecule has 2 aromatic heterocycles. The molecule has 0 spiro atoms. The van der Waals surface area contributed by atoms with Crippen molar-refractivity contribution in [2.75, 3.05) is 10.2 Å². The molecule has 2 amide bonds. The van der Waals surface area contributed by atoms with Crippen LogP contribution in [-0.4, -0.2) is 21.4 Å². The Hall–Kier alpha value is -4.26. The SMILES string of the molecule is Cc1ccc(F)cc1C(=O)Nc1ccc(C(=O)N2Cc3cccn3Cc3cccnc32)cc1. The summed E-state index contributed by atoms with van der Waals surface area (Å²) in [5.74, 6) is -0.407. The van der Waals surface area contributed by atoms with E-state index < -0.39 is 11.7 Å². The molecule has 164 valence electrons. The Morgan fingerprint density at radius 3 is 2.64 bits per heavy atom. The van der Waals surface area contributed by atoms with E-state index in [-0.39, 0.29) is 11.5 Å². The predicted octanol–water partition coefficient (Wildman–Crippen LogP) is 4.79. The van der Waals surface area contributed by atoms with Crippen LogP contribution in [0.1, 0.15) is 37.5 Å². The minimum atomic E-state index is -0.468. The van der Waals surface area contributed by atoms with Crippen LogP contribution in [0, 0.1) is 12.7 Å². The first-order chi connectivity index (χ1) is 16.0. The number of aromatic nitrogens is 2. The summed E-state index contributed by atoms with van der Waals surface area (Å²) < 4.78 is 15.7. The zero-order valence-corrected chi connectivity index (χ0v) is 18.0. The van der Waals surface area contributed by atoms with Crippen molar-refractivity contribution in [3.63, 3.8) is 0 Å². The summed E-state index contributed by atoms with van der Waals surface area (Å²) in [4.78, 5) is 32.1. The van der Waals surface area contributed by atoms with Crippen LogP contribution >= 0.6 is 0 Å². The number of nitrogens with zero attached hydrogens (tertiary/aromatic N) is 3. The summed E-state index contributed by atoms with van der Waals surface area (Å²) in [7, 11) is 0. The molecule has 0 atom stereocenters. The number of aryl methyl sites for hydroxylation is 1. The highest BCUT2D eigenvalue weighted by Gasteiger charge is 2.26. The number of nitrogens with one attached hydrogen (secondary N) is 1. The number of halogens is 1. The van der Waals surface area contributed by atoms with Crippen LogP contribution in [0.2, 0.25) is 0 Å². The number of rotatable bonds is 3. The first-order valence-corrected chi connectivity index (χ1v) is 10.6. The lowest BCUT2D eigenvalue weighted by Gasteiger charge is -2.21. The highest BCUT2D eigenvalue weighted by molar-refractivity contribution is 6.07. The summed E-state index contributed by atoms with van der Waals surface area (Å²) in [5, 5.41) is 2.76. The second kappa shape index (κ2) is 8.35. The molecule has 0 aliphatic carbocycles. The van der Waals surface area contributed by atoms with E-state index >= 15 is 0 Å². The maximum atomic E-state index is 13.5. The third-order valence-corrected chi connectivity index (χ3v) is 5.79. The molecule has 6 nitrogen and oxygen atoms in total. The van der Waals surface area contributed by atoms with E-state index in [0.29, 0.717) is 35.7 Å². The number of pyridine rings is 1. The minimum Gasteiger partial charge on any atom is -0.345 e. The molecule has 0 saturated heterocycles. The Morgan fingerprint density at radius 2 is 1.82 bits per heavy atom. The Kier molecular flexibility index (Phi) is 5.22. The van der Waals surface area contributed by atoms with Gasteiger partial charge in [-0.05, 0) is 67.1 Å². The Bertz CT molecular complexity index is 1360. The zero-order chi connectivity index (χ0) is 22.9. The molecule has 3 heterocycles. The van der Waals surface area contributed by atoms with Crippen molar-refractivity contribution >= 4 is 23.3 Å². The second-order valence-electron chi connectivity index (χ2n) is 8.00. The predicted molar refractivity (Wildman–Crippen MR) is 124 cm³/mol. The molecule has 7 heteroatoms. The van der Waals surface area contributed by atoms with Gasteiger partial charge in [0.25, 0.3) is 11.8 Å². The van der Waals surface area contributed by atoms with Gasteiger partial charge in [0.05, 0.1) is 13.1 Å². The van der Waals surface area contributed by atoms with Crippen LogP contribution in [0.3, 0.4) is 0 Å². The molecule has 0 saturated carbocycles. The van der Waals surface area contributed by atoms with Gasteiger partial charge in [-0.2, -0.15) is 0 Å². The first-order valence-electron chi connectivity index (χ1n) is 10.6. The number of anilines is 2. The van der Waals surface area contributed by atoms with Gasteiger partial charge in [-0.3, -0.25) is 14.5 Å². The smallest absolute Gasteiger partial charge is 0.259 e. The van der Waals surface area contributed by atoms with Crippen molar-refractivity contribution in [2.45, 2.75) is 20.0 Å². The van der Waals surface area contributed by atoms with Gasteiger partial charge in [-0.25, -0.2) is 9.37 Å². The molecule has 2 aromatic carbocycles. The molecular weight excluding hydrogens is 419 g/mol. The molecule has 1 aliphatic rings. The fraction of sp³-hybridized carbons (Fsp3) is 0.115. The fourth-order valence-electron chi connectivity index (χ4n) is 4.02. The third kappa shape index (κ3) is 4.01. The summed E-state index contributed by atoms with van der Waals surface area (Å²) in [6.45, 7) is 2.81. The Labute approximate surface area is 190 Å². The van der Waals surface area contributed by atoms with Crippen LogP contribution < -0.4 is 10.2 Å². The van der Waals surface area contributed by atoms with E-state index in [0.717, 1.165) is 11.3 Å². The van der Waals surface area contributed by atoms with Crippen LogP contribution in [0.15, 0.2) is 79.1 Å².